The fourth-order valence-corrected chi connectivity index (χ4v) is 1.97. The molecule has 2 rings (SSSR count). The van der Waals surface area contributed by atoms with E-state index in [0.717, 1.165) is 12.3 Å². The Morgan fingerprint density at radius 2 is 1.94 bits per heavy atom. The molecule has 0 N–H and O–H groups in total. The number of methoxy groups -OCH3 is 1. The Bertz CT molecular complexity index is 431. The Hall–Kier alpha value is -1.70. The highest BCUT2D eigenvalue weighted by Gasteiger charge is 2.14. The van der Waals surface area contributed by atoms with Crippen molar-refractivity contribution in [2.75, 3.05) is 7.11 Å². The summed E-state index contributed by atoms with van der Waals surface area (Å²) in [5.74, 6) is 0.909. The molecule has 0 fully saturated rings. The topological polar surface area (TPSA) is 12.5 Å². The van der Waals surface area contributed by atoms with Crippen LogP contribution in [-0.4, -0.2) is 18.1 Å². The summed E-state index contributed by atoms with van der Waals surface area (Å²) in [4.78, 5) is 2.34. The van der Waals surface area contributed by atoms with Crippen molar-refractivity contribution >= 4 is 0 Å². The number of benzene rings is 1. The molecule has 1 aliphatic heterocycles. The zero-order valence-corrected chi connectivity index (χ0v) is 10.7. The van der Waals surface area contributed by atoms with Gasteiger partial charge in [0.15, 0.2) is 0 Å². The average molecular weight is 229 g/mol. The monoisotopic (exact) mass is 229 g/mol. The van der Waals surface area contributed by atoms with Gasteiger partial charge in [0.1, 0.15) is 5.75 Å². The van der Waals surface area contributed by atoms with E-state index in [9.17, 15) is 0 Å². The van der Waals surface area contributed by atoms with Crippen LogP contribution in [0.4, 0.5) is 0 Å². The lowest BCUT2D eigenvalue weighted by Crippen LogP contribution is -2.30. The summed E-state index contributed by atoms with van der Waals surface area (Å²) in [7, 11) is 1.69. The van der Waals surface area contributed by atoms with Crippen molar-refractivity contribution in [2.24, 2.45) is 0 Å². The third-order valence-corrected chi connectivity index (χ3v) is 3.32. The summed E-state index contributed by atoms with van der Waals surface area (Å²) in [6, 6.07) is 8.73. The first-order chi connectivity index (χ1) is 8.20. The normalized spacial score (nSPS) is 19.1. The summed E-state index contributed by atoms with van der Waals surface area (Å²) in [5, 5.41) is 0. The van der Waals surface area contributed by atoms with Crippen LogP contribution in [0.15, 0.2) is 48.2 Å². The molecule has 0 saturated heterocycles. The van der Waals surface area contributed by atoms with Crippen molar-refractivity contribution in [1.29, 1.82) is 0 Å². The number of hydrogen-bond donors (Lipinski definition) is 0. The smallest absolute Gasteiger partial charge is 0.118 e. The molecule has 2 nitrogen and oxygen atoms in total. The molecule has 0 aromatic heterocycles. The van der Waals surface area contributed by atoms with Crippen LogP contribution in [0.3, 0.4) is 0 Å². The molecular formula is C15H19NO. The number of allylic oxidation sites excluding steroid dienone is 2. The van der Waals surface area contributed by atoms with E-state index >= 15 is 0 Å². The molecule has 1 aromatic rings. The minimum absolute atomic E-state index is 0.474. The average Bonchev–Trinajstić information content (AvgIpc) is 2.36. The van der Waals surface area contributed by atoms with Crippen LogP contribution in [-0.2, 0) is 6.54 Å². The highest BCUT2D eigenvalue weighted by atomic mass is 16.5. The second-order valence-electron chi connectivity index (χ2n) is 4.45. The lowest BCUT2D eigenvalue weighted by Gasteiger charge is -2.31. The predicted molar refractivity (Wildman–Crippen MR) is 70.9 cm³/mol. The molecule has 0 aliphatic carbocycles. The van der Waals surface area contributed by atoms with Crippen LogP contribution >= 0.6 is 0 Å². The van der Waals surface area contributed by atoms with Crippen molar-refractivity contribution in [1.82, 2.24) is 4.90 Å². The molecule has 90 valence electrons. The van der Waals surface area contributed by atoms with Crippen molar-refractivity contribution in [3.63, 3.8) is 0 Å². The van der Waals surface area contributed by atoms with Gasteiger partial charge in [-0.05, 0) is 43.8 Å². The molecule has 2 heteroatoms. The number of hydrogen-bond acceptors (Lipinski definition) is 2. The summed E-state index contributed by atoms with van der Waals surface area (Å²) in [5.41, 5.74) is 2.71. The molecule has 1 unspecified atom stereocenters. The molecule has 0 bridgehead atoms. The van der Waals surface area contributed by atoms with E-state index in [1.807, 2.05) is 12.1 Å². The quantitative estimate of drug-likeness (QED) is 0.788. The molecule has 17 heavy (non-hydrogen) atoms. The van der Waals surface area contributed by atoms with Crippen molar-refractivity contribution < 1.29 is 4.74 Å². The van der Waals surface area contributed by atoms with Gasteiger partial charge in [-0.15, -0.1) is 0 Å². The third kappa shape index (κ3) is 2.70. The molecule has 1 heterocycles. The molecular weight excluding hydrogens is 210 g/mol. The van der Waals surface area contributed by atoms with Gasteiger partial charge >= 0.3 is 0 Å². The SMILES string of the molecule is COc1ccc(CN2C=CC=C(C)C2C)cc1. The number of ether oxygens (including phenoxy) is 1. The Labute approximate surface area is 103 Å². The van der Waals surface area contributed by atoms with E-state index < -0.39 is 0 Å². The highest BCUT2D eigenvalue weighted by Crippen LogP contribution is 2.19. The summed E-state index contributed by atoms with van der Waals surface area (Å²) in [6.45, 7) is 5.35. The Morgan fingerprint density at radius 3 is 2.59 bits per heavy atom. The summed E-state index contributed by atoms with van der Waals surface area (Å²) >= 11 is 0. The van der Waals surface area contributed by atoms with Crippen LogP contribution in [0.5, 0.6) is 5.75 Å². The Kier molecular flexibility index (Phi) is 3.52. The fraction of sp³-hybridized carbons (Fsp3) is 0.333. The first-order valence-corrected chi connectivity index (χ1v) is 5.94. The largest absolute Gasteiger partial charge is 0.497 e. The van der Waals surface area contributed by atoms with Crippen LogP contribution < -0.4 is 4.74 Å². The zero-order valence-electron chi connectivity index (χ0n) is 10.7. The van der Waals surface area contributed by atoms with Gasteiger partial charge in [-0.25, -0.2) is 0 Å². The minimum atomic E-state index is 0.474. The predicted octanol–water partition coefficient (Wildman–Crippen LogP) is 3.36. The van der Waals surface area contributed by atoms with Crippen molar-refractivity contribution in [2.45, 2.75) is 26.4 Å². The molecule has 0 spiro atoms. The Morgan fingerprint density at radius 1 is 1.24 bits per heavy atom. The molecule has 0 amide bonds. The van der Waals surface area contributed by atoms with Gasteiger partial charge in [0.25, 0.3) is 0 Å². The highest BCUT2D eigenvalue weighted by molar-refractivity contribution is 5.28. The molecule has 1 aromatic carbocycles. The molecule has 0 radical (unpaired) electrons. The second kappa shape index (κ2) is 5.09. The summed E-state index contributed by atoms with van der Waals surface area (Å²) in [6.07, 6.45) is 6.44. The molecule has 1 aliphatic rings. The van der Waals surface area contributed by atoms with Gasteiger partial charge in [-0.2, -0.15) is 0 Å². The maximum Gasteiger partial charge on any atom is 0.118 e. The van der Waals surface area contributed by atoms with E-state index in [1.54, 1.807) is 7.11 Å². The standard InChI is InChI=1S/C15H19NO/c1-12-5-4-10-16(13(12)2)11-14-6-8-15(17-3)9-7-14/h4-10,13H,11H2,1-3H3. The third-order valence-electron chi connectivity index (χ3n) is 3.32. The lowest BCUT2D eigenvalue weighted by atomic mass is 10.1. The summed E-state index contributed by atoms with van der Waals surface area (Å²) < 4.78 is 5.16. The van der Waals surface area contributed by atoms with E-state index in [-0.39, 0.29) is 0 Å². The first kappa shape index (κ1) is 11.8. The second-order valence-corrected chi connectivity index (χ2v) is 4.45. The van der Waals surface area contributed by atoms with Gasteiger partial charge < -0.3 is 9.64 Å². The minimum Gasteiger partial charge on any atom is -0.497 e. The van der Waals surface area contributed by atoms with Crippen LogP contribution in [0, 0.1) is 0 Å². The zero-order chi connectivity index (χ0) is 12.3. The van der Waals surface area contributed by atoms with Gasteiger partial charge in [0.2, 0.25) is 0 Å². The van der Waals surface area contributed by atoms with Crippen LogP contribution in [0.2, 0.25) is 0 Å². The van der Waals surface area contributed by atoms with Gasteiger partial charge in [0, 0.05) is 12.6 Å². The maximum absolute atomic E-state index is 5.16. The van der Waals surface area contributed by atoms with Crippen molar-refractivity contribution in [3.05, 3.63) is 53.8 Å². The van der Waals surface area contributed by atoms with Crippen molar-refractivity contribution in [3.8, 4) is 5.75 Å². The first-order valence-electron chi connectivity index (χ1n) is 5.94. The molecule has 0 saturated carbocycles. The van der Waals surface area contributed by atoms with Gasteiger partial charge in [0.05, 0.1) is 7.11 Å². The van der Waals surface area contributed by atoms with E-state index in [2.05, 4.69) is 49.2 Å². The van der Waals surface area contributed by atoms with E-state index in [1.165, 1.54) is 11.1 Å². The molecule has 1 atom stereocenters. The van der Waals surface area contributed by atoms with Crippen LogP contribution in [0.25, 0.3) is 0 Å². The van der Waals surface area contributed by atoms with Gasteiger partial charge in [-0.1, -0.05) is 23.8 Å². The van der Waals surface area contributed by atoms with E-state index in [4.69, 9.17) is 4.74 Å². The lowest BCUT2D eigenvalue weighted by molar-refractivity contribution is 0.312. The number of nitrogens with zero attached hydrogens (tertiary/aromatic N) is 1. The maximum atomic E-state index is 5.16. The number of rotatable bonds is 3. The van der Waals surface area contributed by atoms with Crippen LogP contribution in [0.1, 0.15) is 19.4 Å². The van der Waals surface area contributed by atoms with Gasteiger partial charge in [-0.3, -0.25) is 0 Å². The Balaban J connectivity index is 2.06. The fourth-order valence-electron chi connectivity index (χ4n) is 1.97. The van der Waals surface area contributed by atoms with E-state index in [0.29, 0.717) is 6.04 Å².